The fraction of sp³-hybridized carbons (Fsp3) is 0.375. The lowest BCUT2D eigenvalue weighted by atomic mass is 9.86. The van der Waals surface area contributed by atoms with Crippen LogP contribution in [0.5, 0.6) is 0 Å². The molecule has 1 heterocycles. The van der Waals surface area contributed by atoms with E-state index in [2.05, 4.69) is 0 Å². The summed E-state index contributed by atoms with van der Waals surface area (Å²) in [6, 6.07) is 6.00. The first-order chi connectivity index (χ1) is 11.1. The van der Waals surface area contributed by atoms with Gasteiger partial charge in [-0.3, -0.25) is 4.57 Å². The van der Waals surface area contributed by atoms with E-state index in [-0.39, 0.29) is 12.2 Å². The number of aromatic nitrogens is 1. The summed E-state index contributed by atoms with van der Waals surface area (Å²) in [5, 5.41) is 19.6. The van der Waals surface area contributed by atoms with Gasteiger partial charge in [0.2, 0.25) is 0 Å². The first kappa shape index (κ1) is 18.0. The normalized spacial score (nSPS) is 11.4. The van der Waals surface area contributed by atoms with Crippen LogP contribution in [-0.2, 0) is 9.47 Å². The number of esters is 1. The number of benzene rings is 1. The Morgan fingerprint density at radius 3 is 2.42 bits per heavy atom. The van der Waals surface area contributed by atoms with E-state index in [0.29, 0.717) is 16.5 Å². The highest BCUT2D eigenvalue weighted by Crippen LogP contribution is 2.19. The molecule has 0 aliphatic heterocycles. The predicted octanol–water partition coefficient (Wildman–Crippen LogP) is 1.28. The molecule has 1 aromatic heterocycles. The average Bonchev–Trinajstić information content (AvgIpc) is 2.84. The molecule has 1 aromatic carbocycles. The van der Waals surface area contributed by atoms with E-state index in [4.69, 9.17) is 9.47 Å². The quantitative estimate of drug-likeness (QED) is 0.649. The second-order valence-electron chi connectivity index (χ2n) is 6.25. The van der Waals surface area contributed by atoms with Crippen molar-refractivity contribution in [1.29, 1.82) is 0 Å². The van der Waals surface area contributed by atoms with Crippen LogP contribution in [0.1, 0.15) is 38.1 Å². The van der Waals surface area contributed by atoms with Crippen LogP contribution in [0.2, 0.25) is 0 Å². The molecule has 0 unspecified atom stereocenters. The molecule has 2 N–H and O–H groups in total. The van der Waals surface area contributed by atoms with Crippen molar-refractivity contribution in [2.45, 2.75) is 33.3 Å². The van der Waals surface area contributed by atoms with Gasteiger partial charge in [0.25, 0.3) is 0 Å². The lowest BCUT2D eigenvalue weighted by Gasteiger charge is -2.21. The van der Waals surface area contributed by atoms with Gasteiger partial charge in [-0.25, -0.2) is 9.59 Å². The fourth-order valence-corrected chi connectivity index (χ4v) is 2.28. The molecule has 0 saturated carbocycles. The number of fused-ring (bicyclic) bond motifs is 1. The van der Waals surface area contributed by atoms with Gasteiger partial charge >= 0.3 is 19.2 Å². The maximum atomic E-state index is 12.4. The number of hydrogen-bond donors (Lipinski definition) is 2. The van der Waals surface area contributed by atoms with Gasteiger partial charge in [-0.05, 0) is 52.0 Å². The molecule has 0 amide bonds. The number of rotatable bonds is 3. The molecule has 0 spiro atoms. The van der Waals surface area contributed by atoms with Gasteiger partial charge in [0.15, 0.2) is 0 Å². The van der Waals surface area contributed by atoms with Crippen molar-refractivity contribution < 1.29 is 29.1 Å². The van der Waals surface area contributed by atoms with Crippen LogP contribution >= 0.6 is 0 Å². The van der Waals surface area contributed by atoms with Crippen molar-refractivity contribution in [2.24, 2.45) is 0 Å². The summed E-state index contributed by atoms with van der Waals surface area (Å²) in [5.74, 6) is -0.490. The molecule has 2 rings (SSSR count). The summed E-state index contributed by atoms with van der Waals surface area (Å²) >= 11 is 0. The zero-order valence-electron chi connectivity index (χ0n) is 14.1. The standard InChI is InChI=1S/C16H20BNO6/c1-5-23-14(19)10-6-7-12-11(8-10)9-13(17(21)22)18(12)15(20)24-16(2,3)4/h6-9,21-22H,5H2,1-4H3. The van der Waals surface area contributed by atoms with E-state index < -0.39 is 24.8 Å². The van der Waals surface area contributed by atoms with E-state index in [1.165, 1.54) is 24.3 Å². The monoisotopic (exact) mass is 333 g/mol. The molecule has 0 aliphatic carbocycles. The molecule has 7 nitrogen and oxygen atoms in total. The summed E-state index contributed by atoms with van der Waals surface area (Å²) in [5.41, 5.74) is -0.0683. The van der Waals surface area contributed by atoms with Crippen LogP contribution in [0, 0.1) is 0 Å². The van der Waals surface area contributed by atoms with E-state index in [1.54, 1.807) is 27.7 Å². The molecule has 0 fully saturated rings. The van der Waals surface area contributed by atoms with Gasteiger partial charge in [-0.15, -0.1) is 0 Å². The van der Waals surface area contributed by atoms with Crippen molar-refractivity contribution in [3.8, 4) is 0 Å². The predicted molar refractivity (Wildman–Crippen MR) is 89.4 cm³/mol. The first-order valence-corrected chi connectivity index (χ1v) is 7.56. The molecule has 8 heteroatoms. The van der Waals surface area contributed by atoms with Crippen molar-refractivity contribution in [3.05, 3.63) is 29.8 Å². The van der Waals surface area contributed by atoms with Crippen molar-refractivity contribution >= 4 is 35.7 Å². The van der Waals surface area contributed by atoms with Crippen LogP contribution in [0.4, 0.5) is 4.79 Å². The molecule has 0 atom stereocenters. The Kier molecular flexibility index (Phi) is 5.01. The third kappa shape index (κ3) is 3.77. The number of nitrogens with zero attached hydrogens (tertiary/aromatic N) is 1. The number of carbonyl (C=O) groups is 2. The highest BCUT2D eigenvalue weighted by molar-refractivity contribution is 6.59. The Bertz CT molecular complexity index is 775. The number of carbonyl (C=O) groups excluding carboxylic acids is 2. The number of ether oxygens (including phenoxy) is 2. The van der Waals surface area contributed by atoms with Crippen molar-refractivity contribution in [3.63, 3.8) is 0 Å². The summed E-state index contributed by atoms with van der Waals surface area (Å²) in [4.78, 5) is 24.2. The van der Waals surface area contributed by atoms with Crippen molar-refractivity contribution in [1.82, 2.24) is 4.57 Å². The van der Waals surface area contributed by atoms with E-state index >= 15 is 0 Å². The van der Waals surface area contributed by atoms with Crippen molar-refractivity contribution in [2.75, 3.05) is 6.61 Å². The zero-order chi connectivity index (χ0) is 18.1. The van der Waals surface area contributed by atoms with Gasteiger partial charge in [0.1, 0.15) is 5.60 Å². The maximum absolute atomic E-state index is 12.4. The molecule has 128 valence electrons. The minimum absolute atomic E-state index is 0.0414. The Hall–Kier alpha value is -2.32. The first-order valence-electron chi connectivity index (χ1n) is 7.56. The largest absolute Gasteiger partial charge is 0.506 e. The third-order valence-electron chi connectivity index (χ3n) is 3.18. The SMILES string of the molecule is CCOC(=O)c1ccc2c(c1)cc(B(O)O)n2C(=O)OC(C)(C)C. The lowest BCUT2D eigenvalue weighted by molar-refractivity contribution is 0.0523. The summed E-state index contributed by atoms with van der Waals surface area (Å²) in [6.07, 6.45) is -0.732. The highest BCUT2D eigenvalue weighted by atomic mass is 16.6. The molecular formula is C16H20BNO6. The fourth-order valence-electron chi connectivity index (χ4n) is 2.28. The molecule has 0 aliphatic rings. The summed E-state index contributed by atoms with van der Waals surface area (Å²) < 4.78 is 11.3. The van der Waals surface area contributed by atoms with Crippen LogP contribution < -0.4 is 5.59 Å². The van der Waals surface area contributed by atoms with Crippen LogP contribution in [0.15, 0.2) is 24.3 Å². The van der Waals surface area contributed by atoms with Gasteiger partial charge < -0.3 is 19.5 Å². The summed E-state index contributed by atoms with van der Waals surface area (Å²) in [7, 11) is -1.86. The van der Waals surface area contributed by atoms with Gasteiger partial charge in [0, 0.05) is 5.39 Å². The second kappa shape index (κ2) is 6.66. The Morgan fingerprint density at radius 2 is 1.88 bits per heavy atom. The molecular weight excluding hydrogens is 313 g/mol. The zero-order valence-corrected chi connectivity index (χ0v) is 14.1. The second-order valence-corrected chi connectivity index (χ2v) is 6.25. The smallest absolute Gasteiger partial charge is 0.462 e. The van der Waals surface area contributed by atoms with Gasteiger partial charge in [-0.2, -0.15) is 0 Å². The minimum atomic E-state index is -1.86. The van der Waals surface area contributed by atoms with E-state index in [1.807, 2.05) is 0 Å². The number of hydrogen-bond acceptors (Lipinski definition) is 6. The molecule has 0 radical (unpaired) electrons. The molecule has 24 heavy (non-hydrogen) atoms. The third-order valence-corrected chi connectivity index (χ3v) is 3.18. The molecule has 0 bridgehead atoms. The molecule has 2 aromatic rings. The van der Waals surface area contributed by atoms with Gasteiger partial charge in [0.05, 0.1) is 23.3 Å². The van der Waals surface area contributed by atoms with Gasteiger partial charge in [-0.1, -0.05) is 0 Å². The van der Waals surface area contributed by atoms with Crippen LogP contribution in [0.3, 0.4) is 0 Å². The lowest BCUT2D eigenvalue weighted by Crippen LogP contribution is -2.40. The van der Waals surface area contributed by atoms with Crippen LogP contribution in [0.25, 0.3) is 10.9 Å². The Balaban J connectivity index is 2.55. The summed E-state index contributed by atoms with van der Waals surface area (Å²) in [6.45, 7) is 7.09. The van der Waals surface area contributed by atoms with E-state index in [9.17, 15) is 19.6 Å². The average molecular weight is 333 g/mol. The topological polar surface area (TPSA) is 98.0 Å². The molecule has 0 saturated heterocycles. The highest BCUT2D eigenvalue weighted by Gasteiger charge is 2.27. The Morgan fingerprint density at radius 1 is 1.21 bits per heavy atom. The van der Waals surface area contributed by atoms with Crippen LogP contribution in [-0.4, -0.2) is 46.0 Å². The maximum Gasteiger partial charge on any atom is 0.506 e. The Labute approximate surface area is 139 Å². The minimum Gasteiger partial charge on any atom is -0.462 e. The van der Waals surface area contributed by atoms with E-state index in [0.717, 1.165) is 4.57 Å².